The number of carbonyl (C=O) groups excluding carboxylic acids is 1. The minimum atomic E-state index is -4.11. The van der Waals surface area contributed by atoms with Crippen LogP contribution in [0.3, 0.4) is 0 Å². The summed E-state index contributed by atoms with van der Waals surface area (Å²) < 4.78 is 37.7. The molecule has 1 aliphatic rings. The molecule has 0 aromatic heterocycles. The van der Waals surface area contributed by atoms with E-state index < -0.39 is 12.1 Å². The highest BCUT2D eigenvalue weighted by atomic mass is 19.4. The lowest BCUT2D eigenvalue weighted by molar-refractivity contribution is -0.183. The molecule has 2 rings (SSSR count). The highest BCUT2D eigenvalue weighted by molar-refractivity contribution is 5.97. The zero-order valence-electron chi connectivity index (χ0n) is 10.8. The maximum Gasteiger partial charge on any atom is 0.391 e. The second-order valence-electron chi connectivity index (χ2n) is 5.32. The minimum absolute atomic E-state index is 0.0133. The summed E-state index contributed by atoms with van der Waals surface area (Å²) in [7, 11) is 0. The minimum Gasteiger partial charge on any atom is -0.294 e. The molecule has 1 saturated carbocycles. The van der Waals surface area contributed by atoms with Gasteiger partial charge in [0.2, 0.25) is 0 Å². The fraction of sp³-hybridized carbons (Fsp3) is 0.533. The Morgan fingerprint density at radius 1 is 1.05 bits per heavy atom. The van der Waals surface area contributed by atoms with E-state index in [0.717, 1.165) is 5.56 Å². The molecule has 1 aromatic carbocycles. The van der Waals surface area contributed by atoms with Gasteiger partial charge in [-0.15, -0.1) is 0 Å². The molecule has 0 aliphatic heterocycles. The lowest BCUT2D eigenvalue weighted by Crippen LogP contribution is -2.30. The molecule has 0 N–H and O–H groups in total. The molecule has 4 heteroatoms. The molecule has 0 amide bonds. The van der Waals surface area contributed by atoms with E-state index in [0.29, 0.717) is 18.4 Å². The van der Waals surface area contributed by atoms with Gasteiger partial charge in [0.25, 0.3) is 0 Å². The lowest BCUT2D eigenvalue weighted by Gasteiger charge is -2.29. The van der Waals surface area contributed by atoms with E-state index in [9.17, 15) is 18.0 Å². The van der Waals surface area contributed by atoms with E-state index in [2.05, 4.69) is 0 Å². The molecule has 1 aliphatic carbocycles. The van der Waals surface area contributed by atoms with Crippen LogP contribution in [0.5, 0.6) is 0 Å². The zero-order valence-corrected chi connectivity index (χ0v) is 10.8. The van der Waals surface area contributed by atoms with Crippen molar-refractivity contribution in [2.45, 2.75) is 38.8 Å². The van der Waals surface area contributed by atoms with E-state index in [1.54, 1.807) is 12.1 Å². The first-order valence-corrected chi connectivity index (χ1v) is 6.55. The summed E-state index contributed by atoms with van der Waals surface area (Å²) >= 11 is 0. The Hall–Kier alpha value is -1.32. The molecule has 1 nitrogen and oxygen atoms in total. The van der Waals surface area contributed by atoms with Gasteiger partial charge in [-0.2, -0.15) is 13.2 Å². The number of halogens is 3. The van der Waals surface area contributed by atoms with Crippen LogP contribution in [0, 0.1) is 18.8 Å². The van der Waals surface area contributed by atoms with E-state index in [1.165, 1.54) is 0 Å². The fourth-order valence-corrected chi connectivity index (χ4v) is 2.64. The van der Waals surface area contributed by atoms with E-state index in [-0.39, 0.29) is 24.5 Å². The van der Waals surface area contributed by atoms with Gasteiger partial charge in [0.1, 0.15) is 0 Å². The predicted molar refractivity (Wildman–Crippen MR) is 67.0 cm³/mol. The molecule has 104 valence electrons. The SMILES string of the molecule is Cc1ccc(C(=O)C2CCC(C(F)(F)F)CC2)cc1. The van der Waals surface area contributed by atoms with Crippen molar-refractivity contribution in [1.82, 2.24) is 0 Å². The fourth-order valence-electron chi connectivity index (χ4n) is 2.64. The van der Waals surface area contributed by atoms with Gasteiger partial charge < -0.3 is 0 Å². The van der Waals surface area contributed by atoms with Crippen molar-refractivity contribution < 1.29 is 18.0 Å². The molecular weight excluding hydrogens is 253 g/mol. The molecule has 0 spiro atoms. The number of hydrogen-bond donors (Lipinski definition) is 0. The van der Waals surface area contributed by atoms with Gasteiger partial charge >= 0.3 is 6.18 Å². The van der Waals surface area contributed by atoms with Crippen LogP contribution in [0.4, 0.5) is 13.2 Å². The number of benzene rings is 1. The third-order valence-corrected chi connectivity index (χ3v) is 3.90. The number of Topliss-reactive ketones (excluding diaryl/α,β-unsaturated/α-hetero) is 1. The number of ketones is 1. The Morgan fingerprint density at radius 2 is 1.58 bits per heavy atom. The second-order valence-corrected chi connectivity index (χ2v) is 5.32. The normalized spacial score (nSPS) is 24.2. The Bertz CT molecular complexity index is 439. The van der Waals surface area contributed by atoms with E-state index in [4.69, 9.17) is 0 Å². The van der Waals surface area contributed by atoms with Crippen LogP contribution in [0.15, 0.2) is 24.3 Å². The lowest BCUT2D eigenvalue weighted by atomic mass is 9.78. The topological polar surface area (TPSA) is 17.1 Å². The van der Waals surface area contributed by atoms with Gasteiger partial charge in [0, 0.05) is 11.5 Å². The summed E-state index contributed by atoms with van der Waals surface area (Å²) in [5.74, 6) is -1.49. The predicted octanol–water partition coefficient (Wildman–Crippen LogP) is 4.55. The van der Waals surface area contributed by atoms with Gasteiger partial charge in [-0.3, -0.25) is 4.79 Å². The summed E-state index contributed by atoms with van der Waals surface area (Å²) in [5.41, 5.74) is 1.68. The van der Waals surface area contributed by atoms with Crippen molar-refractivity contribution in [2.75, 3.05) is 0 Å². The summed E-state index contributed by atoms with van der Waals surface area (Å²) in [4.78, 5) is 12.2. The van der Waals surface area contributed by atoms with Gasteiger partial charge in [0.05, 0.1) is 5.92 Å². The maximum atomic E-state index is 12.6. The molecule has 0 radical (unpaired) electrons. The first kappa shape index (κ1) is 14.1. The molecule has 0 atom stereocenters. The van der Waals surface area contributed by atoms with Crippen LogP contribution in [0.2, 0.25) is 0 Å². The molecule has 1 fully saturated rings. The molecular formula is C15H17F3O. The van der Waals surface area contributed by atoms with Crippen LogP contribution in [0.1, 0.15) is 41.6 Å². The molecule has 1 aromatic rings. The van der Waals surface area contributed by atoms with Crippen LogP contribution in [-0.4, -0.2) is 12.0 Å². The Balaban J connectivity index is 1.98. The Labute approximate surface area is 110 Å². The van der Waals surface area contributed by atoms with Crippen LogP contribution >= 0.6 is 0 Å². The monoisotopic (exact) mass is 270 g/mol. The number of alkyl halides is 3. The Morgan fingerprint density at radius 3 is 2.05 bits per heavy atom. The first-order valence-electron chi connectivity index (χ1n) is 6.55. The summed E-state index contributed by atoms with van der Waals surface area (Å²) in [5, 5.41) is 0. The third-order valence-electron chi connectivity index (χ3n) is 3.90. The molecule has 0 bridgehead atoms. The quantitative estimate of drug-likeness (QED) is 0.721. The Kier molecular flexibility index (Phi) is 3.97. The summed E-state index contributed by atoms with van der Waals surface area (Å²) in [6.07, 6.45) is -3.27. The van der Waals surface area contributed by atoms with Crippen LogP contribution in [-0.2, 0) is 0 Å². The van der Waals surface area contributed by atoms with Crippen molar-refractivity contribution in [3.05, 3.63) is 35.4 Å². The first-order chi connectivity index (χ1) is 8.88. The van der Waals surface area contributed by atoms with Crippen molar-refractivity contribution in [3.63, 3.8) is 0 Å². The smallest absolute Gasteiger partial charge is 0.294 e. The van der Waals surface area contributed by atoms with Gasteiger partial charge in [0.15, 0.2) is 5.78 Å². The van der Waals surface area contributed by atoms with Gasteiger partial charge in [-0.25, -0.2) is 0 Å². The highest BCUT2D eigenvalue weighted by Gasteiger charge is 2.42. The van der Waals surface area contributed by atoms with Crippen molar-refractivity contribution in [1.29, 1.82) is 0 Å². The van der Waals surface area contributed by atoms with Gasteiger partial charge in [-0.05, 0) is 32.6 Å². The largest absolute Gasteiger partial charge is 0.391 e. The molecule has 0 unspecified atom stereocenters. The van der Waals surface area contributed by atoms with Crippen molar-refractivity contribution in [3.8, 4) is 0 Å². The summed E-state index contributed by atoms with van der Waals surface area (Å²) in [6.45, 7) is 1.93. The zero-order chi connectivity index (χ0) is 14.0. The standard InChI is InChI=1S/C15H17F3O/c1-10-2-4-11(5-3-10)14(19)12-6-8-13(9-7-12)15(16,17)18/h2-5,12-13H,6-9H2,1H3. The van der Waals surface area contributed by atoms with Crippen LogP contribution in [0.25, 0.3) is 0 Å². The average Bonchev–Trinajstić information content (AvgIpc) is 2.38. The number of carbonyl (C=O) groups is 1. The third kappa shape index (κ3) is 3.37. The highest BCUT2D eigenvalue weighted by Crippen LogP contribution is 2.40. The molecule has 0 saturated heterocycles. The van der Waals surface area contributed by atoms with E-state index in [1.807, 2.05) is 19.1 Å². The average molecular weight is 270 g/mol. The maximum absolute atomic E-state index is 12.6. The van der Waals surface area contributed by atoms with Gasteiger partial charge in [-0.1, -0.05) is 29.8 Å². The number of aryl methyl sites for hydroxylation is 1. The van der Waals surface area contributed by atoms with E-state index >= 15 is 0 Å². The van der Waals surface area contributed by atoms with Crippen LogP contribution < -0.4 is 0 Å². The van der Waals surface area contributed by atoms with Crippen molar-refractivity contribution >= 4 is 5.78 Å². The number of hydrogen-bond acceptors (Lipinski definition) is 1. The second kappa shape index (κ2) is 5.35. The molecule has 19 heavy (non-hydrogen) atoms. The molecule has 0 heterocycles. The number of rotatable bonds is 2. The van der Waals surface area contributed by atoms with Crippen molar-refractivity contribution in [2.24, 2.45) is 11.8 Å². The summed E-state index contributed by atoms with van der Waals surface area (Å²) in [6, 6.07) is 7.23.